The van der Waals surface area contributed by atoms with Crippen LogP contribution in [-0.4, -0.2) is 41.9 Å². The first-order valence-electron chi connectivity index (χ1n) is 8.53. The van der Waals surface area contributed by atoms with Crippen molar-refractivity contribution in [2.24, 2.45) is 10.9 Å². The quantitative estimate of drug-likeness (QED) is 0.467. The third kappa shape index (κ3) is 5.76. The Hall–Kier alpha value is -2.59. The summed E-state index contributed by atoms with van der Waals surface area (Å²) in [6.45, 7) is 5.32. The van der Waals surface area contributed by atoms with Crippen molar-refractivity contribution >= 4 is 17.4 Å². The van der Waals surface area contributed by atoms with Crippen molar-refractivity contribution < 1.29 is 9.63 Å². The summed E-state index contributed by atoms with van der Waals surface area (Å²) in [5.74, 6) is 0.0119. The second-order valence-electron chi connectivity index (χ2n) is 6.33. The molecule has 0 spiro atoms. The Bertz CT molecular complexity index is 668. The van der Waals surface area contributed by atoms with Gasteiger partial charge in [-0.1, -0.05) is 17.6 Å². The molecule has 3 N–H and O–H groups in total. The number of amidine groups is 1. The Balaban J connectivity index is 1.84. The molecule has 1 fully saturated rings. The first kappa shape index (κ1) is 18.7. The minimum Gasteiger partial charge on any atom is -0.383 e. The van der Waals surface area contributed by atoms with E-state index in [0.717, 1.165) is 13.0 Å². The van der Waals surface area contributed by atoms with Gasteiger partial charge < -0.3 is 15.9 Å². The molecule has 1 aromatic carbocycles. The molecule has 2 rings (SSSR count). The smallest absolute Gasteiger partial charge is 0.267 e. The van der Waals surface area contributed by atoms with Gasteiger partial charge in [-0.3, -0.25) is 9.69 Å². The van der Waals surface area contributed by atoms with E-state index in [9.17, 15) is 4.79 Å². The zero-order valence-corrected chi connectivity index (χ0v) is 14.7. The first-order valence-corrected chi connectivity index (χ1v) is 8.53. The lowest BCUT2D eigenvalue weighted by Gasteiger charge is -2.32. The van der Waals surface area contributed by atoms with Crippen molar-refractivity contribution in [2.75, 3.05) is 18.4 Å². The van der Waals surface area contributed by atoms with Crippen LogP contribution < -0.4 is 11.1 Å². The fraction of sp³-hybridized carbons (Fsp3) is 0.500. The number of likely N-dealkylation sites (tertiary alicyclic amines) is 1. The van der Waals surface area contributed by atoms with Gasteiger partial charge in [0.1, 0.15) is 0 Å². The van der Waals surface area contributed by atoms with Gasteiger partial charge in [0, 0.05) is 11.7 Å². The maximum Gasteiger partial charge on any atom is 0.267 e. The summed E-state index contributed by atoms with van der Waals surface area (Å²) in [7, 11) is 0. The molecule has 2 unspecified atom stereocenters. The van der Waals surface area contributed by atoms with E-state index in [4.69, 9.17) is 15.8 Å². The highest BCUT2D eigenvalue weighted by Crippen LogP contribution is 2.15. The highest BCUT2D eigenvalue weighted by Gasteiger charge is 2.19. The van der Waals surface area contributed by atoms with Crippen LogP contribution in [0.3, 0.4) is 0 Å². The molecule has 7 nitrogen and oxygen atoms in total. The van der Waals surface area contributed by atoms with E-state index in [-0.39, 0.29) is 5.91 Å². The summed E-state index contributed by atoms with van der Waals surface area (Å²) in [6, 6.07) is 9.19. The zero-order valence-electron chi connectivity index (χ0n) is 14.7. The van der Waals surface area contributed by atoms with Crippen molar-refractivity contribution in [3.63, 3.8) is 0 Å². The molecule has 0 bridgehead atoms. The number of hydrogen-bond acceptors (Lipinski definition) is 5. The number of carbonyl (C=O) groups excluding carboxylic acids is 1. The van der Waals surface area contributed by atoms with E-state index in [1.54, 1.807) is 31.2 Å². The molecule has 0 aromatic heterocycles. The number of amides is 1. The van der Waals surface area contributed by atoms with E-state index in [0.29, 0.717) is 29.7 Å². The van der Waals surface area contributed by atoms with Crippen LogP contribution in [0, 0.1) is 11.3 Å². The molecule has 7 heteroatoms. The largest absolute Gasteiger partial charge is 0.383 e. The Kier molecular flexibility index (Phi) is 6.78. The molecule has 1 aromatic rings. The average Bonchev–Trinajstić information content (AvgIpc) is 2.61. The molecule has 25 heavy (non-hydrogen) atoms. The zero-order chi connectivity index (χ0) is 18.2. The molecule has 0 radical (unpaired) electrons. The van der Waals surface area contributed by atoms with Crippen LogP contribution in [-0.2, 0) is 9.63 Å². The van der Waals surface area contributed by atoms with Crippen LogP contribution in [0.5, 0.6) is 0 Å². The fourth-order valence-corrected chi connectivity index (χ4v) is 2.73. The van der Waals surface area contributed by atoms with Crippen molar-refractivity contribution in [1.82, 2.24) is 4.90 Å². The maximum atomic E-state index is 12.1. The lowest BCUT2D eigenvalue weighted by Crippen LogP contribution is -2.43. The van der Waals surface area contributed by atoms with Crippen LogP contribution in [0.2, 0.25) is 0 Å². The number of rotatable bonds is 6. The van der Waals surface area contributed by atoms with E-state index >= 15 is 0 Å². The van der Waals surface area contributed by atoms with Crippen LogP contribution in [0.4, 0.5) is 5.69 Å². The van der Waals surface area contributed by atoms with Gasteiger partial charge in [-0.15, -0.1) is 0 Å². The highest BCUT2D eigenvalue weighted by atomic mass is 16.6. The van der Waals surface area contributed by atoms with E-state index in [2.05, 4.69) is 22.3 Å². The summed E-state index contributed by atoms with van der Waals surface area (Å²) < 4.78 is 0. The third-order valence-electron chi connectivity index (χ3n) is 4.26. The molecular formula is C18H25N5O2. The maximum absolute atomic E-state index is 12.1. The van der Waals surface area contributed by atoms with Gasteiger partial charge in [0.25, 0.3) is 5.91 Å². The average molecular weight is 343 g/mol. The first-order chi connectivity index (χ1) is 12.0. The van der Waals surface area contributed by atoms with Crippen molar-refractivity contribution in [1.29, 1.82) is 5.26 Å². The number of nitrogens with zero attached hydrogens (tertiary/aromatic N) is 3. The van der Waals surface area contributed by atoms with Crippen LogP contribution in [0.25, 0.3) is 0 Å². The molecule has 1 amide bonds. The molecule has 2 atom stereocenters. The van der Waals surface area contributed by atoms with Crippen LogP contribution in [0.15, 0.2) is 29.4 Å². The van der Waals surface area contributed by atoms with Crippen LogP contribution in [0.1, 0.15) is 38.7 Å². The molecular weight excluding hydrogens is 318 g/mol. The summed E-state index contributed by atoms with van der Waals surface area (Å²) >= 11 is 0. The van der Waals surface area contributed by atoms with Gasteiger partial charge >= 0.3 is 0 Å². The SMILES string of the molecule is CC(O/N=C(/N)CN1CCCCC1C)C(=O)Nc1cccc(C#N)c1. The summed E-state index contributed by atoms with van der Waals surface area (Å²) in [5.41, 5.74) is 6.94. The number of nitrogens with two attached hydrogens (primary N) is 1. The number of oxime groups is 1. The molecule has 1 heterocycles. The Morgan fingerprint density at radius 1 is 1.56 bits per heavy atom. The lowest BCUT2D eigenvalue weighted by atomic mass is 10.0. The summed E-state index contributed by atoms with van der Waals surface area (Å²) in [5, 5.41) is 15.5. The number of nitrogens with one attached hydrogen (secondary N) is 1. The number of anilines is 1. The number of carbonyl (C=O) groups is 1. The monoisotopic (exact) mass is 343 g/mol. The van der Waals surface area contributed by atoms with Gasteiger partial charge in [-0.2, -0.15) is 5.26 Å². The normalized spacial score (nSPS) is 19.7. The Morgan fingerprint density at radius 3 is 3.08 bits per heavy atom. The number of nitriles is 1. The fourth-order valence-electron chi connectivity index (χ4n) is 2.73. The van der Waals surface area contributed by atoms with Gasteiger partial charge in [0.15, 0.2) is 5.84 Å². The van der Waals surface area contributed by atoms with Crippen molar-refractivity contribution in [3.05, 3.63) is 29.8 Å². The van der Waals surface area contributed by atoms with E-state index < -0.39 is 6.10 Å². The van der Waals surface area contributed by atoms with Gasteiger partial charge in [0.05, 0.1) is 18.2 Å². The predicted molar refractivity (Wildman–Crippen MR) is 96.8 cm³/mol. The molecule has 0 aliphatic carbocycles. The number of hydrogen-bond donors (Lipinski definition) is 2. The minimum absolute atomic E-state index is 0.349. The van der Waals surface area contributed by atoms with E-state index in [1.807, 2.05) is 6.07 Å². The van der Waals surface area contributed by atoms with Crippen molar-refractivity contribution in [3.8, 4) is 6.07 Å². The topological polar surface area (TPSA) is 104 Å². The Labute approximate surface area is 148 Å². The Morgan fingerprint density at radius 2 is 2.36 bits per heavy atom. The third-order valence-corrected chi connectivity index (χ3v) is 4.26. The second kappa shape index (κ2) is 9.04. The van der Waals surface area contributed by atoms with Crippen molar-refractivity contribution in [2.45, 2.75) is 45.3 Å². The number of benzene rings is 1. The van der Waals surface area contributed by atoms with Gasteiger partial charge in [0.2, 0.25) is 6.10 Å². The molecule has 1 aliphatic rings. The number of piperidine rings is 1. The molecule has 0 saturated carbocycles. The predicted octanol–water partition coefficient (Wildman–Crippen LogP) is 2.05. The lowest BCUT2D eigenvalue weighted by molar-refractivity contribution is -0.126. The van der Waals surface area contributed by atoms with E-state index in [1.165, 1.54) is 12.8 Å². The van der Waals surface area contributed by atoms with Crippen LogP contribution >= 0.6 is 0 Å². The van der Waals surface area contributed by atoms with Gasteiger partial charge in [-0.25, -0.2) is 0 Å². The molecule has 1 saturated heterocycles. The standard InChI is InChI=1S/C18H25N5O2/c1-13-6-3-4-9-23(13)12-17(20)22-25-14(2)18(24)21-16-8-5-7-15(10-16)11-19/h5,7-8,10,13-14H,3-4,6,9,12H2,1-2H3,(H2,20,22)(H,21,24). The summed E-state index contributed by atoms with van der Waals surface area (Å²) in [6.07, 6.45) is 2.78. The second-order valence-corrected chi connectivity index (χ2v) is 6.33. The summed E-state index contributed by atoms with van der Waals surface area (Å²) in [4.78, 5) is 19.6. The minimum atomic E-state index is -0.789. The molecule has 134 valence electrons. The molecule has 1 aliphatic heterocycles. The van der Waals surface area contributed by atoms with Gasteiger partial charge in [-0.05, 0) is 51.4 Å². The highest BCUT2D eigenvalue weighted by molar-refractivity contribution is 5.94.